The zero-order chi connectivity index (χ0) is 27.5. The van der Waals surface area contributed by atoms with Gasteiger partial charge in [-0.2, -0.15) is 0 Å². The normalized spacial score (nSPS) is 14.4. The molecular formula is C39H40. The molecule has 0 spiro atoms. The van der Waals surface area contributed by atoms with Gasteiger partial charge in [-0.15, -0.1) is 0 Å². The summed E-state index contributed by atoms with van der Waals surface area (Å²) in [5.41, 5.74) is 18.6. The molecule has 0 aliphatic heterocycles. The summed E-state index contributed by atoms with van der Waals surface area (Å²) in [6, 6.07) is 27.1. The van der Waals surface area contributed by atoms with Gasteiger partial charge < -0.3 is 0 Å². The number of fused-ring (bicyclic) bond motifs is 3. The van der Waals surface area contributed by atoms with E-state index >= 15 is 0 Å². The molecule has 0 nitrogen and oxygen atoms in total. The highest BCUT2D eigenvalue weighted by molar-refractivity contribution is 6.03. The molecule has 0 heteroatoms. The standard InChI is InChI=1S/C39H40/c1-25-30-24-29-22-23-31(38(2,3)4)33(27-16-10-8-11-17-27)34(29)36(30)35(28-18-12-9-13-19-28)37(39(5,6)7)32(25)26-20-14-15-21-26/h8-20,22-23H,21,24H2,1-7H3. The Hall–Kier alpha value is -3.64. The zero-order valence-corrected chi connectivity index (χ0v) is 24.6. The zero-order valence-electron chi connectivity index (χ0n) is 24.6. The van der Waals surface area contributed by atoms with Gasteiger partial charge in [0.05, 0.1) is 0 Å². The van der Waals surface area contributed by atoms with Crippen molar-refractivity contribution >= 4 is 5.57 Å². The average molecular weight is 509 g/mol. The first-order valence-corrected chi connectivity index (χ1v) is 14.4. The summed E-state index contributed by atoms with van der Waals surface area (Å²) < 4.78 is 0. The average Bonchev–Trinajstić information content (AvgIpc) is 3.57. The van der Waals surface area contributed by atoms with Crippen molar-refractivity contribution in [3.05, 3.63) is 124 Å². The summed E-state index contributed by atoms with van der Waals surface area (Å²) in [5.74, 6) is 0. The van der Waals surface area contributed by atoms with Gasteiger partial charge in [0, 0.05) is 0 Å². The molecule has 4 aromatic carbocycles. The van der Waals surface area contributed by atoms with Crippen molar-refractivity contribution in [3.8, 4) is 33.4 Å². The second kappa shape index (κ2) is 9.23. The van der Waals surface area contributed by atoms with Crippen LogP contribution >= 0.6 is 0 Å². The molecule has 2 aliphatic rings. The molecule has 0 aromatic heterocycles. The van der Waals surface area contributed by atoms with E-state index in [1.807, 2.05) is 0 Å². The van der Waals surface area contributed by atoms with Gasteiger partial charge in [-0.3, -0.25) is 0 Å². The highest BCUT2D eigenvalue weighted by Crippen LogP contribution is 2.56. The molecule has 6 rings (SSSR count). The smallest absolute Gasteiger partial charge is 0.00101 e. The summed E-state index contributed by atoms with van der Waals surface area (Å²) in [5, 5.41) is 0. The van der Waals surface area contributed by atoms with Crippen molar-refractivity contribution in [1.82, 2.24) is 0 Å². The van der Waals surface area contributed by atoms with E-state index in [1.54, 1.807) is 0 Å². The second-order valence-corrected chi connectivity index (χ2v) is 13.4. The maximum absolute atomic E-state index is 2.42. The molecule has 196 valence electrons. The van der Waals surface area contributed by atoms with Crippen molar-refractivity contribution in [3.63, 3.8) is 0 Å². The lowest BCUT2D eigenvalue weighted by Crippen LogP contribution is -2.18. The van der Waals surface area contributed by atoms with Crippen LogP contribution in [0.2, 0.25) is 0 Å². The van der Waals surface area contributed by atoms with Gasteiger partial charge in [0.15, 0.2) is 0 Å². The van der Waals surface area contributed by atoms with Gasteiger partial charge in [-0.05, 0) is 103 Å². The van der Waals surface area contributed by atoms with E-state index in [4.69, 9.17) is 0 Å². The molecular weight excluding hydrogens is 468 g/mol. The number of benzene rings is 4. The second-order valence-electron chi connectivity index (χ2n) is 13.4. The van der Waals surface area contributed by atoms with Crippen molar-refractivity contribution < 1.29 is 0 Å². The lowest BCUT2D eigenvalue weighted by molar-refractivity contribution is 0.589. The molecule has 0 atom stereocenters. The van der Waals surface area contributed by atoms with Crippen LogP contribution in [0.5, 0.6) is 0 Å². The van der Waals surface area contributed by atoms with E-state index in [0.29, 0.717) is 0 Å². The molecule has 0 fully saturated rings. The molecule has 0 saturated carbocycles. The van der Waals surface area contributed by atoms with Crippen LogP contribution in [0.1, 0.15) is 81.3 Å². The fraction of sp³-hybridized carbons (Fsp3) is 0.282. The Labute approximate surface area is 235 Å². The predicted molar refractivity (Wildman–Crippen MR) is 169 cm³/mol. The Morgan fingerprint density at radius 3 is 1.74 bits per heavy atom. The van der Waals surface area contributed by atoms with Gasteiger partial charge in [-0.1, -0.05) is 133 Å². The Morgan fingerprint density at radius 2 is 1.21 bits per heavy atom. The number of hydrogen-bond acceptors (Lipinski definition) is 0. The molecule has 0 unspecified atom stereocenters. The maximum atomic E-state index is 2.42. The molecule has 4 aromatic rings. The number of rotatable bonds is 3. The maximum Gasteiger partial charge on any atom is -0.00101 e. The van der Waals surface area contributed by atoms with E-state index in [2.05, 4.69) is 139 Å². The third-order valence-electron chi connectivity index (χ3n) is 8.56. The van der Waals surface area contributed by atoms with E-state index in [0.717, 1.165) is 12.8 Å². The highest BCUT2D eigenvalue weighted by Gasteiger charge is 2.36. The minimum absolute atomic E-state index is 0.0258. The van der Waals surface area contributed by atoms with Crippen LogP contribution < -0.4 is 0 Å². The van der Waals surface area contributed by atoms with Crippen molar-refractivity contribution in [1.29, 1.82) is 0 Å². The monoisotopic (exact) mass is 508 g/mol. The summed E-state index contributed by atoms with van der Waals surface area (Å²) in [6.07, 6.45) is 8.86. The Bertz CT molecular complexity index is 1630. The first-order chi connectivity index (χ1) is 18.6. The minimum atomic E-state index is -0.0268. The van der Waals surface area contributed by atoms with E-state index in [-0.39, 0.29) is 10.8 Å². The summed E-state index contributed by atoms with van der Waals surface area (Å²) in [6.45, 7) is 16.6. The van der Waals surface area contributed by atoms with E-state index in [1.165, 1.54) is 72.3 Å². The first kappa shape index (κ1) is 25.6. The SMILES string of the molecule is Cc1c2c(c(-c3ccccc3)c(C(C)(C)C)c1C1=CC=CC1)-c1c(ccc(C(C)(C)C)c1-c1ccccc1)C2. The largest absolute Gasteiger partial charge is 0.0801 e. The van der Waals surface area contributed by atoms with Crippen LogP contribution in [0, 0.1) is 6.92 Å². The molecule has 0 amide bonds. The molecule has 0 N–H and O–H groups in total. The Kier molecular flexibility index (Phi) is 6.07. The minimum Gasteiger partial charge on any atom is -0.0801 e. The quantitative estimate of drug-likeness (QED) is 0.227. The van der Waals surface area contributed by atoms with Crippen LogP contribution in [0.25, 0.3) is 39.0 Å². The highest BCUT2D eigenvalue weighted by atomic mass is 14.4. The molecule has 0 bridgehead atoms. The summed E-state index contributed by atoms with van der Waals surface area (Å²) >= 11 is 0. The van der Waals surface area contributed by atoms with E-state index < -0.39 is 0 Å². The molecule has 0 radical (unpaired) electrons. The summed E-state index contributed by atoms with van der Waals surface area (Å²) in [7, 11) is 0. The Morgan fingerprint density at radius 1 is 0.590 bits per heavy atom. The lowest BCUT2D eigenvalue weighted by Gasteiger charge is -2.32. The molecule has 39 heavy (non-hydrogen) atoms. The fourth-order valence-electron chi connectivity index (χ4n) is 6.90. The first-order valence-electron chi connectivity index (χ1n) is 14.4. The van der Waals surface area contributed by atoms with Crippen LogP contribution in [0.4, 0.5) is 0 Å². The van der Waals surface area contributed by atoms with Gasteiger partial charge in [-0.25, -0.2) is 0 Å². The van der Waals surface area contributed by atoms with Crippen molar-refractivity contribution in [2.75, 3.05) is 0 Å². The summed E-state index contributed by atoms with van der Waals surface area (Å²) in [4.78, 5) is 0. The Balaban J connectivity index is 1.83. The van der Waals surface area contributed by atoms with Crippen molar-refractivity contribution in [2.45, 2.75) is 72.1 Å². The van der Waals surface area contributed by atoms with Gasteiger partial charge in [0.1, 0.15) is 0 Å². The molecule has 0 heterocycles. The van der Waals surface area contributed by atoms with Gasteiger partial charge in [0.25, 0.3) is 0 Å². The van der Waals surface area contributed by atoms with Crippen molar-refractivity contribution in [2.24, 2.45) is 0 Å². The molecule has 2 aliphatic carbocycles. The van der Waals surface area contributed by atoms with Gasteiger partial charge >= 0.3 is 0 Å². The predicted octanol–water partition coefficient (Wildman–Crippen LogP) is 10.8. The number of allylic oxidation sites excluding steroid dienone is 4. The third kappa shape index (κ3) is 4.22. The lowest BCUT2D eigenvalue weighted by atomic mass is 9.71. The van der Waals surface area contributed by atoms with Crippen LogP contribution in [0.3, 0.4) is 0 Å². The van der Waals surface area contributed by atoms with Crippen LogP contribution in [-0.4, -0.2) is 0 Å². The fourth-order valence-corrected chi connectivity index (χ4v) is 6.90. The van der Waals surface area contributed by atoms with E-state index in [9.17, 15) is 0 Å². The van der Waals surface area contributed by atoms with Gasteiger partial charge in [0.2, 0.25) is 0 Å². The van der Waals surface area contributed by atoms with Crippen LogP contribution in [0.15, 0.2) is 91.0 Å². The topological polar surface area (TPSA) is 0 Å². The number of hydrogen-bond donors (Lipinski definition) is 0. The molecule has 0 saturated heterocycles. The van der Waals surface area contributed by atoms with Crippen LogP contribution in [-0.2, 0) is 17.3 Å². The third-order valence-corrected chi connectivity index (χ3v) is 8.56.